The van der Waals surface area contributed by atoms with Crippen LogP contribution in [0.25, 0.3) is 0 Å². The molecule has 0 atom stereocenters. The van der Waals surface area contributed by atoms with Gasteiger partial charge in [0.05, 0.1) is 5.75 Å². The molecule has 0 unspecified atom stereocenters. The van der Waals surface area contributed by atoms with Crippen molar-refractivity contribution < 1.29 is 4.42 Å². The van der Waals surface area contributed by atoms with Gasteiger partial charge in [-0.25, -0.2) is 0 Å². The van der Waals surface area contributed by atoms with E-state index >= 15 is 0 Å². The second-order valence-corrected chi connectivity index (χ2v) is 4.37. The first-order valence-electron chi connectivity index (χ1n) is 4.72. The van der Waals surface area contributed by atoms with E-state index in [2.05, 4.69) is 41.4 Å². The van der Waals surface area contributed by atoms with Crippen molar-refractivity contribution in [3.63, 3.8) is 0 Å². The number of aryl methyl sites for hydroxylation is 2. The van der Waals surface area contributed by atoms with Crippen LogP contribution in [0.3, 0.4) is 0 Å². The van der Waals surface area contributed by atoms with Crippen LogP contribution in [-0.2, 0) is 5.75 Å². The van der Waals surface area contributed by atoms with Gasteiger partial charge in [-0.15, -0.1) is 22.0 Å². The van der Waals surface area contributed by atoms with Gasteiger partial charge in [0.1, 0.15) is 0 Å². The van der Waals surface area contributed by atoms with Crippen LogP contribution in [0, 0.1) is 13.8 Å². The summed E-state index contributed by atoms with van der Waals surface area (Å²) in [5, 5.41) is 7.72. The van der Waals surface area contributed by atoms with Crippen molar-refractivity contribution in [3.8, 4) is 0 Å². The SMILES string of the molecule is Cc1ccc(SCc2nnc(C)o2)cc1. The highest BCUT2D eigenvalue weighted by Gasteiger charge is 2.02. The zero-order valence-corrected chi connectivity index (χ0v) is 9.54. The maximum absolute atomic E-state index is 5.29. The molecule has 15 heavy (non-hydrogen) atoms. The van der Waals surface area contributed by atoms with Gasteiger partial charge in [0.25, 0.3) is 0 Å². The molecule has 0 amide bonds. The van der Waals surface area contributed by atoms with E-state index in [1.54, 1.807) is 18.7 Å². The van der Waals surface area contributed by atoms with E-state index in [1.165, 1.54) is 10.5 Å². The fourth-order valence-corrected chi connectivity index (χ4v) is 1.91. The predicted molar refractivity (Wildman–Crippen MR) is 59.8 cm³/mol. The minimum absolute atomic E-state index is 0.620. The smallest absolute Gasteiger partial charge is 0.226 e. The summed E-state index contributed by atoms with van der Waals surface area (Å²) < 4.78 is 5.29. The van der Waals surface area contributed by atoms with E-state index < -0.39 is 0 Å². The lowest BCUT2D eigenvalue weighted by Gasteiger charge is -1.98. The Bertz CT molecular complexity index is 436. The molecule has 0 aliphatic carbocycles. The molecule has 2 rings (SSSR count). The number of hydrogen-bond acceptors (Lipinski definition) is 4. The Hall–Kier alpha value is -1.29. The molecule has 0 N–H and O–H groups in total. The Morgan fingerprint density at radius 1 is 1.13 bits per heavy atom. The lowest BCUT2D eigenvalue weighted by Crippen LogP contribution is -1.80. The van der Waals surface area contributed by atoms with Crippen molar-refractivity contribution in [1.82, 2.24) is 10.2 Å². The Labute approximate surface area is 92.9 Å². The van der Waals surface area contributed by atoms with Gasteiger partial charge < -0.3 is 4.42 Å². The molecule has 2 aromatic rings. The van der Waals surface area contributed by atoms with E-state index in [9.17, 15) is 0 Å². The highest BCUT2D eigenvalue weighted by molar-refractivity contribution is 7.98. The normalized spacial score (nSPS) is 10.5. The zero-order valence-electron chi connectivity index (χ0n) is 8.73. The Morgan fingerprint density at radius 2 is 1.87 bits per heavy atom. The molecule has 0 aliphatic rings. The molecule has 0 bridgehead atoms. The summed E-state index contributed by atoms with van der Waals surface area (Å²) in [4.78, 5) is 1.22. The van der Waals surface area contributed by atoms with Crippen LogP contribution < -0.4 is 0 Å². The molecule has 0 aliphatic heterocycles. The van der Waals surface area contributed by atoms with Gasteiger partial charge in [-0.05, 0) is 19.1 Å². The van der Waals surface area contributed by atoms with Crippen LogP contribution in [0.15, 0.2) is 33.6 Å². The van der Waals surface area contributed by atoms with Crippen molar-refractivity contribution in [1.29, 1.82) is 0 Å². The van der Waals surface area contributed by atoms with Crippen molar-refractivity contribution in [2.75, 3.05) is 0 Å². The van der Waals surface area contributed by atoms with E-state index in [0.29, 0.717) is 11.8 Å². The molecular formula is C11H12N2OS. The highest BCUT2D eigenvalue weighted by Crippen LogP contribution is 2.22. The van der Waals surface area contributed by atoms with Gasteiger partial charge in [0, 0.05) is 11.8 Å². The molecule has 0 saturated heterocycles. The van der Waals surface area contributed by atoms with E-state index in [-0.39, 0.29) is 0 Å². The molecule has 3 nitrogen and oxygen atoms in total. The molecule has 78 valence electrons. The summed E-state index contributed by atoms with van der Waals surface area (Å²) in [5.41, 5.74) is 1.27. The zero-order chi connectivity index (χ0) is 10.7. The van der Waals surface area contributed by atoms with Crippen LogP contribution in [0.5, 0.6) is 0 Å². The van der Waals surface area contributed by atoms with Crippen molar-refractivity contribution in [2.24, 2.45) is 0 Å². The number of thioether (sulfide) groups is 1. The molecular weight excluding hydrogens is 208 g/mol. The Morgan fingerprint density at radius 3 is 2.47 bits per heavy atom. The molecule has 1 heterocycles. The molecule has 1 aromatic carbocycles. The summed E-state index contributed by atoms with van der Waals surface area (Å²) in [5.74, 6) is 2.02. The van der Waals surface area contributed by atoms with Crippen molar-refractivity contribution in [3.05, 3.63) is 41.6 Å². The average Bonchev–Trinajstić information content (AvgIpc) is 2.64. The van der Waals surface area contributed by atoms with Crippen molar-refractivity contribution >= 4 is 11.8 Å². The first kappa shape index (κ1) is 10.2. The number of nitrogens with zero attached hydrogens (tertiary/aromatic N) is 2. The first-order chi connectivity index (χ1) is 7.24. The predicted octanol–water partition coefficient (Wildman–Crippen LogP) is 2.98. The number of aromatic nitrogens is 2. The van der Waals surface area contributed by atoms with Gasteiger partial charge in [-0.2, -0.15) is 0 Å². The quantitative estimate of drug-likeness (QED) is 0.745. The van der Waals surface area contributed by atoms with Crippen LogP contribution in [-0.4, -0.2) is 10.2 Å². The summed E-state index contributed by atoms with van der Waals surface area (Å²) >= 11 is 1.70. The first-order valence-corrected chi connectivity index (χ1v) is 5.71. The highest BCUT2D eigenvalue weighted by atomic mass is 32.2. The number of benzene rings is 1. The monoisotopic (exact) mass is 220 g/mol. The maximum atomic E-state index is 5.29. The Balaban J connectivity index is 1.96. The molecule has 0 saturated carbocycles. The summed E-state index contributed by atoms with van der Waals surface area (Å²) in [6.07, 6.45) is 0. The van der Waals surface area contributed by atoms with Crippen molar-refractivity contribution in [2.45, 2.75) is 24.5 Å². The van der Waals surface area contributed by atoms with E-state index in [4.69, 9.17) is 4.42 Å². The van der Waals surface area contributed by atoms with Crippen LogP contribution in [0.2, 0.25) is 0 Å². The maximum Gasteiger partial charge on any atom is 0.226 e. The fraction of sp³-hybridized carbons (Fsp3) is 0.273. The number of hydrogen-bond donors (Lipinski definition) is 0. The van der Waals surface area contributed by atoms with Gasteiger partial charge in [0.2, 0.25) is 11.8 Å². The summed E-state index contributed by atoms with van der Waals surface area (Å²) in [6.45, 7) is 3.88. The summed E-state index contributed by atoms with van der Waals surface area (Å²) in [6, 6.07) is 8.40. The van der Waals surface area contributed by atoms with Crippen LogP contribution >= 0.6 is 11.8 Å². The van der Waals surface area contributed by atoms with Gasteiger partial charge >= 0.3 is 0 Å². The minimum Gasteiger partial charge on any atom is -0.425 e. The van der Waals surface area contributed by atoms with Gasteiger partial charge in [0.15, 0.2) is 0 Å². The minimum atomic E-state index is 0.620. The standard InChI is InChI=1S/C11H12N2OS/c1-8-3-5-10(6-4-8)15-7-11-13-12-9(2)14-11/h3-6H,7H2,1-2H3. The van der Waals surface area contributed by atoms with Crippen LogP contribution in [0.4, 0.5) is 0 Å². The topological polar surface area (TPSA) is 38.9 Å². The third kappa shape index (κ3) is 2.83. The lowest BCUT2D eigenvalue weighted by molar-refractivity contribution is 0.485. The van der Waals surface area contributed by atoms with E-state index in [1.807, 2.05) is 0 Å². The van der Waals surface area contributed by atoms with Crippen LogP contribution in [0.1, 0.15) is 17.3 Å². The third-order valence-electron chi connectivity index (χ3n) is 1.95. The molecule has 0 spiro atoms. The Kier molecular flexibility index (Phi) is 3.06. The largest absolute Gasteiger partial charge is 0.425 e. The number of rotatable bonds is 3. The lowest BCUT2D eigenvalue weighted by atomic mass is 10.2. The molecule has 1 aromatic heterocycles. The van der Waals surface area contributed by atoms with Gasteiger partial charge in [-0.3, -0.25) is 0 Å². The fourth-order valence-electron chi connectivity index (χ4n) is 1.18. The molecule has 0 fully saturated rings. The van der Waals surface area contributed by atoms with E-state index in [0.717, 1.165) is 5.75 Å². The third-order valence-corrected chi connectivity index (χ3v) is 2.95. The average molecular weight is 220 g/mol. The molecule has 4 heteroatoms. The molecule has 0 radical (unpaired) electrons. The summed E-state index contributed by atoms with van der Waals surface area (Å²) in [7, 11) is 0. The second kappa shape index (κ2) is 4.49. The van der Waals surface area contributed by atoms with Gasteiger partial charge in [-0.1, -0.05) is 17.7 Å². The second-order valence-electron chi connectivity index (χ2n) is 3.32.